The highest BCUT2D eigenvalue weighted by molar-refractivity contribution is 7.86. The number of hydrogen-bond acceptors (Lipinski definition) is 4. The van der Waals surface area contributed by atoms with Crippen LogP contribution in [0.3, 0.4) is 0 Å². The molecule has 0 radical (unpaired) electrons. The van der Waals surface area contributed by atoms with Gasteiger partial charge in [-0.1, -0.05) is 6.92 Å². The van der Waals surface area contributed by atoms with Gasteiger partial charge in [-0.2, -0.15) is 17.0 Å². The summed E-state index contributed by atoms with van der Waals surface area (Å²) in [6.45, 7) is 6.67. The second kappa shape index (κ2) is 7.87. The van der Waals surface area contributed by atoms with Crippen molar-refractivity contribution in [3.63, 3.8) is 0 Å². The average molecular weight is 319 g/mol. The SMILES string of the molecule is CCCNCC1CCN(S(=O)(=O)N(C)C2CCOC2)CC1. The molecular formula is C14H29N3O3S. The van der Waals surface area contributed by atoms with Gasteiger partial charge < -0.3 is 10.1 Å². The molecule has 2 heterocycles. The van der Waals surface area contributed by atoms with Gasteiger partial charge in [0.25, 0.3) is 10.2 Å². The third-order valence-corrected chi connectivity index (χ3v) is 6.59. The summed E-state index contributed by atoms with van der Waals surface area (Å²) >= 11 is 0. The van der Waals surface area contributed by atoms with Gasteiger partial charge in [-0.3, -0.25) is 0 Å². The van der Waals surface area contributed by atoms with E-state index >= 15 is 0 Å². The molecule has 0 spiro atoms. The molecule has 7 heteroatoms. The van der Waals surface area contributed by atoms with E-state index in [2.05, 4.69) is 12.2 Å². The molecule has 0 aromatic carbocycles. The van der Waals surface area contributed by atoms with Crippen LogP contribution in [0.5, 0.6) is 0 Å². The normalized spacial score (nSPS) is 25.8. The molecule has 0 aromatic rings. The lowest BCUT2D eigenvalue weighted by Gasteiger charge is -2.35. The minimum absolute atomic E-state index is 0.000977. The molecule has 2 fully saturated rings. The zero-order chi connectivity index (χ0) is 15.3. The molecule has 0 amide bonds. The molecule has 0 saturated carbocycles. The fourth-order valence-corrected chi connectivity index (χ4v) is 4.59. The zero-order valence-corrected chi connectivity index (χ0v) is 14.1. The van der Waals surface area contributed by atoms with E-state index in [9.17, 15) is 8.42 Å². The highest BCUT2D eigenvalue weighted by Crippen LogP contribution is 2.23. The largest absolute Gasteiger partial charge is 0.380 e. The molecule has 124 valence electrons. The van der Waals surface area contributed by atoms with Crippen LogP contribution in [-0.4, -0.2) is 69.5 Å². The Morgan fingerprint density at radius 2 is 2.00 bits per heavy atom. The maximum Gasteiger partial charge on any atom is 0.282 e. The topological polar surface area (TPSA) is 61.9 Å². The average Bonchev–Trinajstić information content (AvgIpc) is 3.01. The first-order valence-corrected chi connectivity index (χ1v) is 9.47. The predicted molar refractivity (Wildman–Crippen MR) is 83.4 cm³/mol. The molecule has 21 heavy (non-hydrogen) atoms. The lowest BCUT2D eigenvalue weighted by Crippen LogP contribution is -2.49. The van der Waals surface area contributed by atoms with Crippen molar-refractivity contribution in [1.29, 1.82) is 0 Å². The van der Waals surface area contributed by atoms with Gasteiger partial charge in [-0.05, 0) is 44.7 Å². The number of piperidine rings is 1. The summed E-state index contributed by atoms with van der Waals surface area (Å²) in [5, 5.41) is 3.43. The molecule has 0 bridgehead atoms. The second-order valence-electron chi connectivity index (χ2n) is 6.09. The van der Waals surface area contributed by atoms with Crippen molar-refractivity contribution in [2.45, 2.75) is 38.6 Å². The van der Waals surface area contributed by atoms with Crippen LogP contribution in [0.4, 0.5) is 0 Å². The van der Waals surface area contributed by atoms with E-state index < -0.39 is 10.2 Å². The Hall–Kier alpha value is -0.210. The predicted octanol–water partition coefficient (Wildman–Crippen LogP) is 0.664. The van der Waals surface area contributed by atoms with Crippen molar-refractivity contribution >= 4 is 10.2 Å². The lowest BCUT2D eigenvalue weighted by molar-refractivity contribution is 0.177. The van der Waals surface area contributed by atoms with Crippen LogP contribution in [0.1, 0.15) is 32.6 Å². The van der Waals surface area contributed by atoms with E-state index in [0.29, 0.717) is 32.2 Å². The number of ether oxygens (including phenoxy) is 1. The number of rotatable bonds is 7. The van der Waals surface area contributed by atoms with Gasteiger partial charge in [0.05, 0.1) is 12.6 Å². The Labute approximate surface area is 129 Å². The first-order valence-electron chi connectivity index (χ1n) is 8.07. The summed E-state index contributed by atoms with van der Waals surface area (Å²) in [6, 6.07) is -0.000977. The van der Waals surface area contributed by atoms with Crippen LogP contribution >= 0.6 is 0 Å². The van der Waals surface area contributed by atoms with Crippen molar-refractivity contribution < 1.29 is 13.2 Å². The van der Waals surface area contributed by atoms with Crippen LogP contribution in [0, 0.1) is 5.92 Å². The molecule has 2 saturated heterocycles. The molecule has 2 aliphatic heterocycles. The minimum atomic E-state index is -3.33. The summed E-state index contributed by atoms with van der Waals surface area (Å²) in [5.41, 5.74) is 0. The molecule has 1 N–H and O–H groups in total. The van der Waals surface area contributed by atoms with Crippen LogP contribution in [0.2, 0.25) is 0 Å². The maximum atomic E-state index is 12.6. The van der Waals surface area contributed by atoms with Gasteiger partial charge in [0.2, 0.25) is 0 Å². The van der Waals surface area contributed by atoms with Crippen molar-refractivity contribution in [3.05, 3.63) is 0 Å². The second-order valence-corrected chi connectivity index (χ2v) is 8.08. The molecule has 6 nitrogen and oxygen atoms in total. The highest BCUT2D eigenvalue weighted by atomic mass is 32.2. The van der Waals surface area contributed by atoms with Gasteiger partial charge in [-0.25, -0.2) is 0 Å². The molecule has 0 aromatic heterocycles. The number of nitrogens with zero attached hydrogens (tertiary/aromatic N) is 2. The fourth-order valence-electron chi connectivity index (χ4n) is 3.01. The summed E-state index contributed by atoms with van der Waals surface area (Å²) < 4.78 is 33.7. The Balaban J connectivity index is 1.82. The van der Waals surface area contributed by atoms with Gasteiger partial charge in [0, 0.05) is 26.7 Å². The van der Waals surface area contributed by atoms with E-state index in [1.165, 1.54) is 4.31 Å². The zero-order valence-electron chi connectivity index (χ0n) is 13.3. The first kappa shape index (κ1) is 17.1. The van der Waals surface area contributed by atoms with Gasteiger partial charge in [0.1, 0.15) is 0 Å². The lowest BCUT2D eigenvalue weighted by atomic mass is 9.98. The highest BCUT2D eigenvalue weighted by Gasteiger charge is 2.35. The van der Waals surface area contributed by atoms with Crippen molar-refractivity contribution in [3.8, 4) is 0 Å². The Morgan fingerprint density at radius 3 is 2.57 bits per heavy atom. The standard InChI is InChI=1S/C14H29N3O3S/c1-3-7-15-11-13-4-8-17(9-5-13)21(18,19)16(2)14-6-10-20-12-14/h13-15H,3-12H2,1-2H3. The summed E-state index contributed by atoms with van der Waals surface area (Å²) in [4.78, 5) is 0. The van der Waals surface area contributed by atoms with E-state index in [-0.39, 0.29) is 6.04 Å². The van der Waals surface area contributed by atoms with Gasteiger partial charge in [-0.15, -0.1) is 0 Å². The van der Waals surface area contributed by atoms with Crippen LogP contribution in [-0.2, 0) is 14.9 Å². The Morgan fingerprint density at radius 1 is 1.29 bits per heavy atom. The fraction of sp³-hybridized carbons (Fsp3) is 1.00. The van der Waals surface area contributed by atoms with Crippen LogP contribution in [0.15, 0.2) is 0 Å². The quantitative estimate of drug-likeness (QED) is 0.701. The van der Waals surface area contributed by atoms with Crippen molar-refractivity contribution in [2.75, 3.05) is 46.4 Å². The van der Waals surface area contributed by atoms with E-state index in [4.69, 9.17) is 4.74 Å². The van der Waals surface area contributed by atoms with Crippen molar-refractivity contribution in [2.24, 2.45) is 5.92 Å². The van der Waals surface area contributed by atoms with Crippen LogP contribution in [0.25, 0.3) is 0 Å². The van der Waals surface area contributed by atoms with Crippen molar-refractivity contribution in [1.82, 2.24) is 13.9 Å². The summed E-state index contributed by atoms with van der Waals surface area (Å²) in [7, 11) is -1.64. The number of likely N-dealkylation sites (N-methyl/N-ethyl adjacent to an activating group) is 1. The third kappa shape index (κ3) is 4.39. The smallest absolute Gasteiger partial charge is 0.282 e. The monoisotopic (exact) mass is 319 g/mol. The number of nitrogens with one attached hydrogen (secondary N) is 1. The molecule has 1 unspecified atom stereocenters. The molecule has 1 atom stereocenters. The Bertz CT molecular complexity index is 402. The first-order chi connectivity index (χ1) is 10.1. The molecular weight excluding hydrogens is 290 g/mol. The van der Waals surface area contributed by atoms with E-state index in [1.807, 2.05) is 0 Å². The third-order valence-electron chi connectivity index (χ3n) is 4.54. The van der Waals surface area contributed by atoms with Gasteiger partial charge in [0.15, 0.2) is 0 Å². The minimum Gasteiger partial charge on any atom is -0.380 e. The molecule has 2 rings (SSSR count). The summed E-state index contributed by atoms with van der Waals surface area (Å²) in [5.74, 6) is 0.600. The van der Waals surface area contributed by atoms with Gasteiger partial charge >= 0.3 is 0 Å². The Kier molecular flexibility index (Phi) is 6.43. The molecule has 2 aliphatic rings. The van der Waals surface area contributed by atoms with Crippen LogP contribution < -0.4 is 5.32 Å². The van der Waals surface area contributed by atoms with E-state index in [0.717, 1.165) is 38.8 Å². The number of hydrogen-bond donors (Lipinski definition) is 1. The van der Waals surface area contributed by atoms with E-state index in [1.54, 1.807) is 11.4 Å². The maximum absolute atomic E-state index is 12.6. The summed E-state index contributed by atoms with van der Waals surface area (Å²) in [6.07, 6.45) is 3.84. The molecule has 0 aliphatic carbocycles.